The molecule has 1 aliphatic carbocycles. The van der Waals surface area contributed by atoms with E-state index in [1.807, 2.05) is 0 Å². The first-order valence-corrected chi connectivity index (χ1v) is 10.1. The topological polar surface area (TPSA) is 110 Å². The molecule has 0 aliphatic heterocycles. The van der Waals surface area contributed by atoms with Crippen LogP contribution in [0.2, 0.25) is 10.0 Å². The van der Waals surface area contributed by atoms with Crippen LogP contribution in [0.15, 0.2) is 30.5 Å². The van der Waals surface area contributed by atoms with E-state index < -0.39 is 18.0 Å². The lowest BCUT2D eigenvalue weighted by atomic mass is 10.2. The number of benzene rings is 1. The van der Waals surface area contributed by atoms with Gasteiger partial charge in [0.25, 0.3) is 5.91 Å². The van der Waals surface area contributed by atoms with Crippen LogP contribution in [0.4, 0.5) is 10.5 Å². The van der Waals surface area contributed by atoms with Crippen molar-refractivity contribution in [2.75, 3.05) is 18.5 Å². The van der Waals surface area contributed by atoms with Gasteiger partial charge in [0.1, 0.15) is 12.4 Å². The Hall–Kier alpha value is -2.71. The summed E-state index contributed by atoms with van der Waals surface area (Å²) in [4.78, 5) is 27.2. The molecule has 160 valence electrons. The third kappa shape index (κ3) is 6.40. The van der Waals surface area contributed by atoms with Gasteiger partial charge in [-0.3, -0.25) is 4.79 Å². The van der Waals surface area contributed by atoms with Gasteiger partial charge in [0.05, 0.1) is 34.6 Å². The summed E-state index contributed by atoms with van der Waals surface area (Å²) < 4.78 is 11.1. The number of carbonyl (C=O) groups is 2. The van der Waals surface area contributed by atoms with Gasteiger partial charge in [0.15, 0.2) is 0 Å². The van der Waals surface area contributed by atoms with E-state index in [0.717, 1.165) is 0 Å². The number of hydrogen-bond acceptors (Lipinski definition) is 5. The second kappa shape index (κ2) is 9.86. The lowest BCUT2D eigenvalue weighted by Gasteiger charge is -2.13. The maximum atomic E-state index is 12.5. The average Bonchev–Trinajstić information content (AvgIpc) is 3.51. The van der Waals surface area contributed by atoms with Crippen LogP contribution in [0.5, 0.6) is 11.6 Å². The summed E-state index contributed by atoms with van der Waals surface area (Å²) in [5.41, 5.74) is 0.652. The Morgan fingerprint density at radius 3 is 2.63 bits per heavy atom. The molecule has 1 aromatic heterocycles. The minimum atomic E-state index is -1.14. The molecule has 1 aromatic carbocycles. The highest BCUT2D eigenvalue weighted by molar-refractivity contribution is 6.34. The summed E-state index contributed by atoms with van der Waals surface area (Å²) in [5.74, 6) is 0.953. The van der Waals surface area contributed by atoms with Gasteiger partial charge in [-0.05, 0) is 43.9 Å². The van der Waals surface area contributed by atoms with Crippen LogP contribution < -0.4 is 20.1 Å². The third-order valence-corrected chi connectivity index (χ3v) is 4.90. The van der Waals surface area contributed by atoms with Crippen molar-refractivity contribution >= 4 is 40.9 Å². The largest absolute Gasteiger partial charge is 0.492 e. The van der Waals surface area contributed by atoms with Crippen molar-refractivity contribution in [3.05, 3.63) is 46.1 Å². The first kappa shape index (κ1) is 22.0. The molecule has 1 aliphatic rings. The van der Waals surface area contributed by atoms with Crippen LogP contribution in [0.3, 0.4) is 0 Å². The number of carboxylic acid groups (broad SMARTS) is 1. The van der Waals surface area contributed by atoms with Gasteiger partial charge in [-0.25, -0.2) is 9.78 Å². The standard InChI is InChI=1S/C20H21Cl2N3O5/c1-11(24-20(27)28)9-30-18-7-14(21)16(8-23-18)25-19(26)13-4-5-17(15(22)6-13)29-10-12-2-3-12/h4-8,11-12,24H,2-3,9-10H2,1H3,(H,25,26)(H,27,28)/t11-/m0/s1. The van der Waals surface area contributed by atoms with Crippen LogP contribution in [0.25, 0.3) is 0 Å². The lowest BCUT2D eigenvalue weighted by Crippen LogP contribution is -2.35. The Labute approximate surface area is 183 Å². The summed E-state index contributed by atoms with van der Waals surface area (Å²) in [5, 5.41) is 14.2. The number of anilines is 1. The quantitative estimate of drug-likeness (QED) is 0.516. The number of pyridine rings is 1. The fraction of sp³-hybridized carbons (Fsp3) is 0.350. The first-order valence-electron chi connectivity index (χ1n) is 9.33. The fourth-order valence-electron chi connectivity index (χ4n) is 2.49. The Kier molecular flexibility index (Phi) is 7.23. The fourth-order valence-corrected chi connectivity index (χ4v) is 2.92. The second-order valence-corrected chi connectivity index (χ2v) is 7.83. The third-order valence-electron chi connectivity index (χ3n) is 4.29. The number of aromatic nitrogens is 1. The van der Waals surface area contributed by atoms with Gasteiger partial charge < -0.3 is 25.2 Å². The average molecular weight is 454 g/mol. The van der Waals surface area contributed by atoms with Gasteiger partial charge in [-0.15, -0.1) is 0 Å². The smallest absolute Gasteiger partial charge is 0.404 e. The Morgan fingerprint density at radius 1 is 1.23 bits per heavy atom. The number of amides is 2. The van der Waals surface area contributed by atoms with Crippen molar-refractivity contribution in [2.24, 2.45) is 5.92 Å². The van der Waals surface area contributed by atoms with Crippen molar-refractivity contribution < 1.29 is 24.2 Å². The highest BCUT2D eigenvalue weighted by Gasteiger charge is 2.22. The molecular formula is C20H21Cl2N3O5. The van der Waals surface area contributed by atoms with E-state index in [2.05, 4.69) is 15.6 Å². The van der Waals surface area contributed by atoms with E-state index in [4.69, 9.17) is 37.8 Å². The molecule has 2 amide bonds. The Balaban J connectivity index is 1.57. The first-order chi connectivity index (χ1) is 14.3. The number of halogens is 2. The summed E-state index contributed by atoms with van der Waals surface area (Å²) in [6.45, 7) is 2.36. The minimum absolute atomic E-state index is 0.0784. The molecule has 0 spiro atoms. The molecule has 0 unspecified atom stereocenters. The number of hydrogen-bond donors (Lipinski definition) is 3. The van der Waals surface area contributed by atoms with Crippen molar-refractivity contribution in [1.29, 1.82) is 0 Å². The molecule has 10 heteroatoms. The predicted molar refractivity (Wildman–Crippen MR) is 113 cm³/mol. The molecule has 1 fully saturated rings. The van der Waals surface area contributed by atoms with Crippen molar-refractivity contribution in [2.45, 2.75) is 25.8 Å². The number of nitrogens with zero attached hydrogens (tertiary/aromatic N) is 1. The summed E-state index contributed by atoms with van der Waals surface area (Å²) in [7, 11) is 0. The molecular weight excluding hydrogens is 433 g/mol. The minimum Gasteiger partial charge on any atom is -0.492 e. The molecule has 8 nitrogen and oxygen atoms in total. The van der Waals surface area contributed by atoms with Crippen LogP contribution in [0.1, 0.15) is 30.1 Å². The zero-order valence-electron chi connectivity index (χ0n) is 16.2. The Morgan fingerprint density at radius 2 is 2.00 bits per heavy atom. The molecule has 1 saturated carbocycles. The highest BCUT2D eigenvalue weighted by atomic mass is 35.5. The van der Waals surface area contributed by atoms with E-state index >= 15 is 0 Å². The summed E-state index contributed by atoms with van der Waals surface area (Å²) >= 11 is 12.4. The van der Waals surface area contributed by atoms with Crippen molar-refractivity contribution in [3.8, 4) is 11.6 Å². The van der Waals surface area contributed by atoms with Crippen molar-refractivity contribution in [1.82, 2.24) is 10.3 Å². The molecule has 3 rings (SSSR count). The zero-order chi connectivity index (χ0) is 21.7. The van der Waals surface area contributed by atoms with Crippen LogP contribution in [0, 0.1) is 5.92 Å². The number of ether oxygens (including phenoxy) is 2. The van der Waals surface area contributed by atoms with E-state index in [9.17, 15) is 9.59 Å². The van der Waals surface area contributed by atoms with Crippen molar-refractivity contribution in [3.63, 3.8) is 0 Å². The summed E-state index contributed by atoms with van der Waals surface area (Å²) in [6, 6.07) is 5.84. The van der Waals surface area contributed by atoms with E-state index in [-0.39, 0.29) is 17.5 Å². The number of nitrogens with one attached hydrogen (secondary N) is 2. The lowest BCUT2D eigenvalue weighted by molar-refractivity contribution is 0.102. The van der Waals surface area contributed by atoms with Gasteiger partial charge in [-0.1, -0.05) is 23.2 Å². The Bertz CT molecular complexity index is 937. The van der Waals surface area contributed by atoms with E-state index in [1.165, 1.54) is 31.2 Å². The number of rotatable bonds is 9. The molecule has 0 bridgehead atoms. The van der Waals surface area contributed by atoms with Gasteiger partial charge >= 0.3 is 6.09 Å². The number of carbonyl (C=O) groups excluding carboxylic acids is 1. The highest BCUT2D eigenvalue weighted by Crippen LogP contribution is 2.32. The van der Waals surface area contributed by atoms with Gasteiger partial charge in [0, 0.05) is 11.6 Å². The second-order valence-electron chi connectivity index (χ2n) is 7.02. The molecule has 1 atom stereocenters. The SMILES string of the molecule is C[C@@H](COc1cc(Cl)c(NC(=O)c2ccc(OCC3CC3)c(Cl)c2)cn1)NC(=O)O. The maximum Gasteiger partial charge on any atom is 0.404 e. The van der Waals surface area contributed by atoms with E-state index in [1.54, 1.807) is 19.1 Å². The predicted octanol–water partition coefficient (Wildman–Crippen LogP) is 4.46. The maximum absolute atomic E-state index is 12.5. The monoisotopic (exact) mass is 453 g/mol. The zero-order valence-corrected chi connectivity index (χ0v) is 17.7. The summed E-state index contributed by atoms with van der Waals surface area (Å²) in [6.07, 6.45) is 2.57. The van der Waals surface area contributed by atoms with Crippen LogP contribution in [-0.2, 0) is 0 Å². The van der Waals surface area contributed by atoms with Crippen LogP contribution in [-0.4, -0.2) is 41.3 Å². The molecule has 0 radical (unpaired) electrons. The molecule has 0 saturated heterocycles. The normalized spacial score (nSPS) is 14.0. The van der Waals surface area contributed by atoms with Gasteiger partial charge in [-0.2, -0.15) is 0 Å². The molecule has 3 N–H and O–H groups in total. The molecule has 1 heterocycles. The molecule has 2 aromatic rings. The molecule has 30 heavy (non-hydrogen) atoms. The van der Waals surface area contributed by atoms with Gasteiger partial charge in [0.2, 0.25) is 5.88 Å². The van der Waals surface area contributed by atoms with Crippen LogP contribution >= 0.6 is 23.2 Å². The van der Waals surface area contributed by atoms with E-state index in [0.29, 0.717) is 34.5 Å².